The van der Waals surface area contributed by atoms with Gasteiger partial charge in [-0.25, -0.2) is 4.79 Å². The molecule has 4 amide bonds. The molecule has 0 saturated carbocycles. The molecule has 9 heteroatoms. The van der Waals surface area contributed by atoms with Gasteiger partial charge in [0, 0.05) is 5.02 Å². The molecule has 8 nitrogen and oxygen atoms in total. The van der Waals surface area contributed by atoms with Crippen LogP contribution >= 0.6 is 11.6 Å². The number of hydrogen-bond acceptors (Lipinski definition) is 5. The quantitative estimate of drug-likeness (QED) is 0.505. The summed E-state index contributed by atoms with van der Waals surface area (Å²) in [4.78, 5) is 49.3. The lowest BCUT2D eigenvalue weighted by Gasteiger charge is -2.22. The minimum absolute atomic E-state index is 0.328. The van der Waals surface area contributed by atoms with Crippen molar-refractivity contribution in [1.29, 1.82) is 0 Å². The van der Waals surface area contributed by atoms with Crippen molar-refractivity contribution >= 4 is 35.4 Å². The Balaban J connectivity index is 1.84. The Kier molecular flexibility index (Phi) is 7.01. The van der Waals surface area contributed by atoms with E-state index >= 15 is 0 Å². The molecule has 2 N–H and O–H groups in total. The molecule has 1 aliphatic rings. The van der Waals surface area contributed by atoms with E-state index in [0.717, 1.165) is 10.5 Å². The normalized spacial score (nSPS) is 16.5. The van der Waals surface area contributed by atoms with Crippen LogP contribution in [0.15, 0.2) is 24.3 Å². The summed E-state index contributed by atoms with van der Waals surface area (Å²) in [7, 11) is 0. The van der Waals surface area contributed by atoms with Gasteiger partial charge < -0.3 is 15.4 Å². The highest BCUT2D eigenvalue weighted by Crippen LogP contribution is 2.24. The zero-order valence-corrected chi connectivity index (χ0v) is 16.8. The highest BCUT2D eigenvalue weighted by Gasteiger charge is 2.49. The molecule has 28 heavy (non-hydrogen) atoms. The number of urea groups is 1. The van der Waals surface area contributed by atoms with Crippen LogP contribution in [0.4, 0.5) is 4.79 Å². The van der Waals surface area contributed by atoms with Gasteiger partial charge in [-0.2, -0.15) is 0 Å². The van der Waals surface area contributed by atoms with Gasteiger partial charge in [-0.3, -0.25) is 19.3 Å². The number of benzene rings is 1. The molecule has 0 spiro atoms. The van der Waals surface area contributed by atoms with Crippen LogP contribution in [0.2, 0.25) is 5.02 Å². The second-order valence-corrected chi connectivity index (χ2v) is 7.05. The van der Waals surface area contributed by atoms with Gasteiger partial charge in [0.15, 0.2) is 6.61 Å². The number of esters is 1. The standard InChI is InChI=1S/C19H24ClN3O5/c1-4-19(5-2)17(26)23(18(27)22-19)10-16(25)28-11-15(24)21-12(3)13-7-6-8-14(20)9-13/h6-9,12H,4-5,10-11H2,1-3H3,(H,21,24)(H,22,27)/t12-/m1/s1. The Hall–Kier alpha value is -2.61. The lowest BCUT2D eigenvalue weighted by Crippen LogP contribution is -2.46. The number of ether oxygens (including phenoxy) is 1. The number of hydrogen-bond donors (Lipinski definition) is 2. The number of rotatable bonds is 8. The number of amides is 4. The van der Waals surface area contributed by atoms with Gasteiger partial charge in [-0.1, -0.05) is 37.6 Å². The fourth-order valence-electron chi connectivity index (χ4n) is 3.01. The van der Waals surface area contributed by atoms with Gasteiger partial charge in [0.1, 0.15) is 12.1 Å². The van der Waals surface area contributed by atoms with Gasteiger partial charge in [0.2, 0.25) is 0 Å². The van der Waals surface area contributed by atoms with E-state index in [-0.39, 0.29) is 6.04 Å². The van der Waals surface area contributed by atoms with Crippen LogP contribution in [-0.4, -0.2) is 47.4 Å². The Bertz CT molecular complexity index is 779. The number of nitrogens with one attached hydrogen (secondary N) is 2. The summed E-state index contributed by atoms with van der Waals surface area (Å²) in [5.41, 5.74) is -0.178. The zero-order chi connectivity index (χ0) is 20.9. The fraction of sp³-hybridized carbons (Fsp3) is 0.474. The van der Waals surface area contributed by atoms with E-state index in [9.17, 15) is 19.2 Å². The second kappa shape index (κ2) is 9.05. The first-order chi connectivity index (χ1) is 13.2. The van der Waals surface area contributed by atoms with Crippen LogP contribution in [0.5, 0.6) is 0 Å². The van der Waals surface area contributed by atoms with E-state index in [4.69, 9.17) is 16.3 Å². The van der Waals surface area contributed by atoms with Crippen LogP contribution in [0.25, 0.3) is 0 Å². The van der Waals surface area contributed by atoms with Crippen molar-refractivity contribution in [2.24, 2.45) is 0 Å². The lowest BCUT2D eigenvalue weighted by atomic mass is 9.93. The Morgan fingerprint density at radius 2 is 1.96 bits per heavy atom. The highest BCUT2D eigenvalue weighted by molar-refractivity contribution is 6.30. The van der Waals surface area contributed by atoms with E-state index in [1.165, 1.54) is 0 Å². The summed E-state index contributed by atoms with van der Waals surface area (Å²) < 4.78 is 4.91. The molecule has 1 aromatic carbocycles. The van der Waals surface area contributed by atoms with Gasteiger partial charge in [-0.15, -0.1) is 0 Å². The lowest BCUT2D eigenvalue weighted by molar-refractivity contribution is -0.151. The van der Waals surface area contributed by atoms with E-state index < -0.39 is 42.5 Å². The number of imide groups is 1. The van der Waals surface area contributed by atoms with Crippen molar-refractivity contribution in [2.75, 3.05) is 13.2 Å². The molecule has 0 unspecified atom stereocenters. The maximum atomic E-state index is 12.4. The third kappa shape index (κ3) is 4.81. The SMILES string of the molecule is CCC1(CC)NC(=O)N(CC(=O)OCC(=O)N[C@H](C)c2cccc(Cl)c2)C1=O. The largest absolute Gasteiger partial charge is 0.454 e. The third-order valence-electron chi connectivity index (χ3n) is 4.83. The molecule has 0 radical (unpaired) electrons. The van der Waals surface area contributed by atoms with Gasteiger partial charge >= 0.3 is 12.0 Å². The average Bonchev–Trinajstić information content (AvgIpc) is 2.91. The maximum absolute atomic E-state index is 12.4. The Morgan fingerprint density at radius 3 is 2.54 bits per heavy atom. The van der Waals surface area contributed by atoms with Crippen LogP contribution in [-0.2, 0) is 19.1 Å². The summed E-state index contributed by atoms with van der Waals surface area (Å²) in [5.74, 6) is -1.80. The molecule has 2 rings (SSSR count). The summed E-state index contributed by atoms with van der Waals surface area (Å²) in [6.07, 6.45) is 0.840. The molecule has 1 aliphatic heterocycles. The minimum Gasteiger partial charge on any atom is -0.454 e. The Labute approximate surface area is 168 Å². The first kappa shape index (κ1) is 21.7. The molecule has 1 heterocycles. The van der Waals surface area contributed by atoms with Gasteiger partial charge in [0.05, 0.1) is 6.04 Å². The van der Waals surface area contributed by atoms with Crippen molar-refractivity contribution in [3.63, 3.8) is 0 Å². The number of halogens is 1. The van der Waals surface area contributed by atoms with E-state index in [0.29, 0.717) is 17.9 Å². The molecule has 0 bridgehead atoms. The number of carbonyl (C=O) groups is 4. The molecule has 0 aliphatic carbocycles. The molecule has 1 fully saturated rings. The van der Waals surface area contributed by atoms with Crippen LogP contribution in [0, 0.1) is 0 Å². The second-order valence-electron chi connectivity index (χ2n) is 6.62. The minimum atomic E-state index is -0.985. The predicted molar refractivity (Wildman–Crippen MR) is 103 cm³/mol. The topological polar surface area (TPSA) is 105 Å². The van der Waals surface area contributed by atoms with E-state index in [1.807, 2.05) is 6.07 Å². The van der Waals surface area contributed by atoms with Crippen LogP contribution in [0.3, 0.4) is 0 Å². The van der Waals surface area contributed by atoms with Crippen molar-refractivity contribution < 1.29 is 23.9 Å². The molecule has 0 aromatic heterocycles. The average molecular weight is 410 g/mol. The molecule has 1 saturated heterocycles. The van der Waals surface area contributed by atoms with Gasteiger partial charge in [-0.05, 0) is 37.5 Å². The highest BCUT2D eigenvalue weighted by atomic mass is 35.5. The fourth-order valence-corrected chi connectivity index (χ4v) is 3.21. The van der Waals surface area contributed by atoms with E-state index in [1.54, 1.807) is 39.0 Å². The molecular weight excluding hydrogens is 386 g/mol. The van der Waals surface area contributed by atoms with Crippen molar-refractivity contribution in [3.05, 3.63) is 34.9 Å². The monoisotopic (exact) mass is 409 g/mol. The van der Waals surface area contributed by atoms with Crippen molar-refractivity contribution in [1.82, 2.24) is 15.5 Å². The number of carbonyl (C=O) groups excluding carboxylic acids is 4. The Morgan fingerprint density at radius 1 is 1.29 bits per heavy atom. The van der Waals surface area contributed by atoms with Crippen molar-refractivity contribution in [3.8, 4) is 0 Å². The first-order valence-electron chi connectivity index (χ1n) is 9.07. The maximum Gasteiger partial charge on any atom is 0.326 e. The number of nitrogens with zero attached hydrogens (tertiary/aromatic N) is 1. The summed E-state index contributed by atoms with van der Waals surface area (Å²) >= 11 is 5.93. The summed E-state index contributed by atoms with van der Waals surface area (Å²) in [6, 6.07) is 6.07. The zero-order valence-electron chi connectivity index (χ0n) is 16.1. The molecular formula is C19H24ClN3O5. The molecule has 152 valence electrons. The van der Waals surface area contributed by atoms with Crippen LogP contribution in [0.1, 0.15) is 45.2 Å². The first-order valence-corrected chi connectivity index (χ1v) is 9.44. The summed E-state index contributed by atoms with van der Waals surface area (Å²) in [5, 5.41) is 5.86. The van der Waals surface area contributed by atoms with Crippen LogP contribution < -0.4 is 10.6 Å². The van der Waals surface area contributed by atoms with Gasteiger partial charge in [0.25, 0.3) is 11.8 Å². The molecule has 1 aromatic rings. The van der Waals surface area contributed by atoms with Crippen molar-refractivity contribution in [2.45, 2.75) is 45.2 Å². The third-order valence-corrected chi connectivity index (χ3v) is 5.07. The predicted octanol–water partition coefficient (Wildman–Crippen LogP) is 2.17. The summed E-state index contributed by atoms with van der Waals surface area (Å²) in [6.45, 7) is 4.29. The smallest absolute Gasteiger partial charge is 0.326 e. The van der Waals surface area contributed by atoms with E-state index in [2.05, 4.69) is 10.6 Å². The molecule has 1 atom stereocenters.